The van der Waals surface area contributed by atoms with Crippen LogP contribution in [0.25, 0.3) is 0 Å². The zero-order chi connectivity index (χ0) is 13.7. The molecule has 1 saturated heterocycles. The molecule has 2 rings (SSSR count). The molecule has 6 heteroatoms. The molecule has 0 aromatic carbocycles. The van der Waals surface area contributed by atoms with Crippen molar-refractivity contribution in [2.75, 3.05) is 25.9 Å². The molecule has 0 bridgehead atoms. The summed E-state index contributed by atoms with van der Waals surface area (Å²) in [7, 11) is -1.56. The number of rotatable bonds is 5. The predicted octanol–water partition coefficient (Wildman–Crippen LogP) is 0.843. The second kappa shape index (κ2) is 6.45. The van der Waals surface area contributed by atoms with Gasteiger partial charge in [0.2, 0.25) is 10.0 Å². The summed E-state index contributed by atoms with van der Waals surface area (Å²) in [6.07, 6.45) is 3.57. The van der Waals surface area contributed by atoms with Gasteiger partial charge in [-0.2, -0.15) is 4.31 Å². The lowest BCUT2D eigenvalue weighted by Gasteiger charge is -2.25. The van der Waals surface area contributed by atoms with Crippen LogP contribution in [0.1, 0.15) is 18.5 Å². The molecule has 106 valence electrons. The van der Waals surface area contributed by atoms with E-state index in [4.69, 9.17) is 0 Å². The fraction of sp³-hybridized carbons (Fsp3) is 0.615. The van der Waals surface area contributed by atoms with E-state index >= 15 is 0 Å². The van der Waals surface area contributed by atoms with Crippen molar-refractivity contribution in [1.29, 1.82) is 0 Å². The van der Waals surface area contributed by atoms with E-state index in [0.29, 0.717) is 6.54 Å². The van der Waals surface area contributed by atoms with Crippen molar-refractivity contribution >= 4 is 10.0 Å². The first kappa shape index (κ1) is 14.4. The maximum atomic E-state index is 12.3. The molecule has 0 radical (unpaired) electrons. The van der Waals surface area contributed by atoms with Gasteiger partial charge in [-0.1, -0.05) is 6.07 Å². The van der Waals surface area contributed by atoms with Crippen molar-refractivity contribution < 1.29 is 8.42 Å². The van der Waals surface area contributed by atoms with Gasteiger partial charge in [0, 0.05) is 13.2 Å². The lowest BCUT2D eigenvalue weighted by atomic mass is 10.0. The van der Waals surface area contributed by atoms with E-state index in [-0.39, 0.29) is 11.7 Å². The summed E-state index contributed by atoms with van der Waals surface area (Å²) in [5.74, 6) is 0.523. The Kier molecular flexibility index (Phi) is 4.90. The Morgan fingerprint density at radius 3 is 2.74 bits per heavy atom. The van der Waals surface area contributed by atoms with Crippen LogP contribution in [0.15, 0.2) is 24.4 Å². The first-order chi connectivity index (χ1) is 9.08. The second-order valence-corrected chi connectivity index (χ2v) is 7.17. The Hall–Kier alpha value is -0.980. The summed E-state index contributed by atoms with van der Waals surface area (Å²) < 4.78 is 26.0. The number of nitrogens with one attached hydrogen (secondary N) is 1. The Morgan fingerprint density at radius 2 is 2.11 bits per heavy atom. The summed E-state index contributed by atoms with van der Waals surface area (Å²) in [6, 6.07) is 5.54. The van der Waals surface area contributed by atoms with E-state index < -0.39 is 10.0 Å². The van der Waals surface area contributed by atoms with Crippen molar-refractivity contribution in [2.45, 2.75) is 19.4 Å². The highest BCUT2D eigenvalue weighted by atomic mass is 32.2. The van der Waals surface area contributed by atoms with Crippen LogP contribution in [-0.2, 0) is 16.6 Å². The zero-order valence-electron chi connectivity index (χ0n) is 11.2. The first-order valence-corrected chi connectivity index (χ1v) is 8.23. The number of hydrogen-bond acceptors (Lipinski definition) is 4. The average molecular weight is 283 g/mol. The van der Waals surface area contributed by atoms with E-state index in [9.17, 15) is 8.42 Å². The Balaban J connectivity index is 1.94. The average Bonchev–Trinajstić information content (AvgIpc) is 2.40. The third kappa shape index (κ3) is 4.26. The molecule has 2 heterocycles. The molecule has 0 atom stereocenters. The number of sulfonamides is 1. The fourth-order valence-corrected chi connectivity index (χ4v) is 3.80. The van der Waals surface area contributed by atoms with Gasteiger partial charge in [0.1, 0.15) is 0 Å². The van der Waals surface area contributed by atoms with Crippen molar-refractivity contribution in [2.24, 2.45) is 5.92 Å². The minimum atomic E-state index is -3.19. The maximum absolute atomic E-state index is 12.3. The van der Waals surface area contributed by atoms with E-state index in [1.54, 1.807) is 13.2 Å². The van der Waals surface area contributed by atoms with Gasteiger partial charge in [0.15, 0.2) is 0 Å². The molecule has 0 amide bonds. The summed E-state index contributed by atoms with van der Waals surface area (Å²) in [5, 5.41) is 3.25. The Labute approximate surface area is 115 Å². The molecule has 1 aliphatic heterocycles. The predicted molar refractivity (Wildman–Crippen MR) is 75.1 cm³/mol. The minimum Gasteiger partial charge on any atom is -0.317 e. The number of nitrogens with zero attached hydrogens (tertiary/aromatic N) is 2. The van der Waals surface area contributed by atoms with Crippen LogP contribution < -0.4 is 5.32 Å². The number of piperidine rings is 1. The standard InChI is InChI=1S/C13H21N3O2S/c1-16(10-13-4-2-3-7-15-13)19(17,18)11-12-5-8-14-9-6-12/h2-4,7,12,14H,5-6,8-11H2,1H3. The van der Waals surface area contributed by atoms with Gasteiger partial charge in [-0.15, -0.1) is 0 Å². The van der Waals surface area contributed by atoms with Crippen LogP contribution in [0.4, 0.5) is 0 Å². The summed E-state index contributed by atoms with van der Waals surface area (Å²) >= 11 is 0. The topological polar surface area (TPSA) is 62.3 Å². The van der Waals surface area contributed by atoms with Crippen molar-refractivity contribution in [3.05, 3.63) is 30.1 Å². The van der Waals surface area contributed by atoms with Gasteiger partial charge in [-0.3, -0.25) is 4.98 Å². The largest absolute Gasteiger partial charge is 0.317 e. The van der Waals surface area contributed by atoms with Crippen LogP contribution >= 0.6 is 0 Å². The Morgan fingerprint density at radius 1 is 1.37 bits per heavy atom. The SMILES string of the molecule is CN(Cc1ccccn1)S(=O)(=O)CC1CCNCC1. The molecule has 0 spiro atoms. The number of hydrogen-bond donors (Lipinski definition) is 1. The smallest absolute Gasteiger partial charge is 0.214 e. The molecule has 5 nitrogen and oxygen atoms in total. The van der Waals surface area contributed by atoms with Gasteiger partial charge in [0.25, 0.3) is 0 Å². The highest BCUT2D eigenvalue weighted by molar-refractivity contribution is 7.89. The molecule has 0 aliphatic carbocycles. The summed E-state index contributed by atoms with van der Waals surface area (Å²) in [6.45, 7) is 2.18. The molecule has 0 unspecified atom stereocenters. The minimum absolute atomic E-state index is 0.248. The summed E-state index contributed by atoms with van der Waals surface area (Å²) in [5.41, 5.74) is 0.777. The molecule has 1 fully saturated rings. The lowest BCUT2D eigenvalue weighted by molar-refractivity contribution is 0.388. The van der Waals surface area contributed by atoms with Crippen LogP contribution in [0.2, 0.25) is 0 Å². The molecule has 1 aromatic rings. The maximum Gasteiger partial charge on any atom is 0.214 e. The second-order valence-electron chi connectivity index (χ2n) is 5.05. The van der Waals surface area contributed by atoms with Gasteiger partial charge in [-0.25, -0.2) is 8.42 Å². The zero-order valence-corrected chi connectivity index (χ0v) is 12.1. The highest BCUT2D eigenvalue weighted by Gasteiger charge is 2.24. The summed E-state index contributed by atoms with van der Waals surface area (Å²) in [4.78, 5) is 4.16. The van der Waals surface area contributed by atoms with Gasteiger partial charge in [-0.05, 0) is 44.0 Å². The highest BCUT2D eigenvalue weighted by Crippen LogP contribution is 2.16. The lowest BCUT2D eigenvalue weighted by Crippen LogP contribution is -2.36. The Bertz CT molecular complexity index is 484. The van der Waals surface area contributed by atoms with Crippen molar-refractivity contribution in [3.63, 3.8) is 0 Å². The molecule has 0 saturated carbocycles. The molecular weight excluding hydrogens is 262 g/mol. The molecule has 19 heavy (non-hydrogen) atoms. The third-order valence-corrected chi connectivity index (χ3v) is 5.46. The molecular formula is C13H21N3O2S. The van der Waals surface area contributed by atoms with E-state index in [1.807, 2.05) is 18.2 Å². The number of aromatic nitrogens is 1. The van der Waals surface area contributed by atoms with E-state index in [2.05, 4.69) is 10.3 Å². The van der Waals surface area contributed by atoms with E-state index in [1.165, 1.54) is 4.31 Å². The van der Waals surface area contributed by atoms with Crippen LogP contribution in [0, 0.1) is 5.92 Å². The number of pyridine rings is 1. The van der Waals surface area contributed by atoms with Gasteiger partial charge >= 0.3 is 0 Å². The normalized spacial score (nSPS) is 17.8. The molecule has 1 aliphatic rings. The first-order valence-electron chi connectivity index (χ1n) is 6.62. The van der Waals surface area contributed by atoms with Crippen LogP contribution in [0.5, 0.6) is 0 Å². The van der Waals surface area contributed by atoms with Crippen LogP contribution in [0.3, 0.4) is 0 Å². The third-order valence-electron chi connectivity index (χ3n) is 3.49. The van der Waals surface area contributed by atoms with Gasteiger partial charge < -0.3 is 5.32 Å². The monoisotopic (exact) mass is 283 g/mol. The molecule has 1 aromatic heterocycles. The van der Waals surface area contributed by atoms with Crippen LogP contribution in [-0.4, -0.2) is 43.6 Å². The molecule has 1 N–H and O–H groups in total. The van der Waals surface area contributed by atoms with Gasteiger partial charge in [0.05, 0.1) is 18.0 Å². The quantitative estimate of drug-likeness (QED) is 0.870. The fourth-order valence-electron chi connectivity index (χ4n) is 2.29. The van der Waals surface area contributed by atoms with Crippen molar-refractivity contribution in [3.8, 4) is 0 Å². The van der Waals surface area contributed by atoms with E-state index in [0.717, 1.165) is 31.6 Å². The van der Waals surface area contributed by atoms with Crippen molar-refractivity contribution in [1.82, 2.24) is 14.6 Å².